The van der Waals surface area contributed by atoms with Gasteiger partial charge in [0.25, 0.3) is 5.91 Å². The largest absolute Gasteiger partial charge is 0.481 e. The maximum atomic E-state index is 12.4. The van der Waals surface area contributed by atoms with Crippen molar-refractivity contribution in [1.82, 2.24) is 9.80 Å². The molecule has 0 N–H and O–H groups in total. The Morgan fingerprint density at radius 2 is 1.71 bits per heavy atom. The number of amides is 1. The summed E-state index contributed by atoms with van der Waals surface area (Å²) in [5, 5.41) is 0.750. The predicted molar refractivity (Wildman–Crippen MR) is 85.1 cm³/mol. The van der Waals surface area contributed by atoms with Crippen molar-refractivity contribution in [2.24, 2.45) is 0 Å². The molecular weight excluding hydrogens is 288 g/mol. The van der Waals surface area contributed by atoms with E-state index in [1.54, 1.807) is 6.92 Å². The first kappa shape index (κ1) is 16.1. The average molecular weight is 311 g/mol. The minimum absolute atomic E-state index is 0.0494. The molecule has 0 aromatic heterocycles. The highest BCUT2D eigenvalue weighted by molar-refractivity contribution is 6.32. The normalized spacial score (nSPS) is 17.7. The summed E-state index contributed by atoms with van der Waals surface area (Å²) >= 11 is 6.15. The molecule has 1 aromatic rings. The van der Waals surface area contributed by atoms with Crippen molar-refractivity contribution in [3.8, 4) is 5.75 Å². The van der Waals surface area contributed by atoms with E-state index in [-0.39, 0.29) is 5.91 Å². The zero-order valence-electron chi connectivity index (χ0n) is 13.1. The summed E-state index contributed by atoms with van der Waals surface area (Å²) in [6.45, 7) is 9.04. The summed E-state index contributed by atoms with van der Waals surface area (Å²) in [7, 11) is 2.07. The summed E-state index contributed by atoms with van der Waals surface area (Å²) in [4.78, 5) is 16.5. The molecule has 21 heavy (non-hydrogen) atoms. The van der Waals surface area contributed by atoms with Crippen LogP contribution in [-0.2, 0) is 4.79 Å². The molecule has 0 unspecified atom stereocenters. The molecule has 1 atom stereocenters. The quantitative estimate of drug-likeness (QED) is 0.860. The number of hydrogen-bond donors (Lipinski definition) is 0. The Kier molecular flexibility index (Phi) is 5.12. The molecule has 0 aliphatic carbocycles. The van der Waals surface area contributed by atoms with Crippen molar-refractivity contribution in [3.05, 3.63) is 28.3 Å². The number of likely N-dealkylation sites (N-methyl/N-ethyl adjacent to an activating group) is 1. The van der Waals surface area contributed by atoms with E-state index in [1.807, 2.05) is 30.9 Å². The first-order valence-corrected chi connectivity index (χ1v) is 7.67. The lowest BCUT2D eigenvalue weighted by molar-refractivity contribution is -0.139. The minimum atomic E-state index is -0.478. The molecule has 1 aliphatic rings. The van der Waals surface area contributed by atoms with Crippen molar-refractivity contribution in [2.75, 3.05) is 33.2 Å². The van der Waals surface area contributed by atoms with Crippen LogP contribution in [0.4, 0.5) is 0 Å². The van der Waals surface area contributed by atoms with E-state index in [0.29, 0.717) is 5.75 Å². The molecule has 1 heterocycles. The number of halogens is 1. The van der Waals surface area contributed by atoms with Crippen LogP contribution in [0.15, 0.2) is 12.1 Å². The van der Waals surface area contributed by atoms with Crippen LogP contribution in [0.2, 0.25) is 5.02 Å². The summed E-state index contributed by atoms with van der Waals surface area (Å²) in [6.07, 6.45) is -0.478. The molecule has 0 saturated carbocycles. The Labute approximate surface area is 131 Å². The van der Waals surface area contributed by atoms with Gasteiger partial charge in [0.2, 0.25) is 0 Å². The Bertz CT molecular complexity index is 502. The van der Waals surface area contributed by atoms with Crippen molar-refractivity contribution < 1.29 is 9.53 Å². The van der Waals surface area contributed by atoms with Crippen LogP contribution in [0.3, 0.4) is 0 Å². The molecule has 1 aliphatic heterocycles. The van der Waals surface area contributed by atoms with E-state index >= 15 is 0 Å². The van der Waals surface area contributed by atoms with E-state index in [0.717, 1.165) is 42.3 Å². The van der Waals surface area contributed by atoms with Gasteiger partial charge in [-0.05, 0) is 51.1 Å². The number of piperazine rings is 1. The Hall–Kier alpha value is -1.26. The molecule has 4 nitrogen and oxygen atoms in total. The molecule has 0 spiro atoms. The second kappa shape index (κ2) is 6.67. The van der Waals surface area contributed by atoms with Crippen LogP contribution >= 0.6 is 11.6 Å². The van der Waals surface area contributed by atoms with Crippen LogP contribution in [0, 0.1) is 13.8 Å². The second-order valence-electron chi connectivity index (χ2n) is 5.76. The van der Waals surface area contributed by atoms with E-state index in [4.69, 9.17) is 16.3 Å². The first-order chi connectivity index (χ1) is 9.88. The zero-order valence-corrected chi connectivity index (χ0v) is 13.9. The van der Waals surface area contributed by atoms with Gasteiger partial charge in [0.05, 0.1) is 0 Å². The highest BCUT2D eigenvalue weighted by atomic mass is 35.5. The van der Waals surface area contributed by atoms with Gasteiger partial charge in [-0.1, -0.05) is 11.6 Å². The van der Waals surface area contributed by atoms with Crippen molar-refractivity contribution in [2.45, 2.75) is 26.9 Å². The molecule has 1 saturated heterocycles. The van der Waals surface area contributed by atoms with Gasteiger partial charge in [-0.3, -0.25) is 4.79 Å². The van der Waals surface area contributed by atoms with Crippen molar-refractivity contribution >= 4 is 17.5 Å². The van der Waals surface area contributed by atoms with Gasteiger partial charge in [0.15, 0.2) is 6.10 Å². The molecule has 5 heteroatoms. The molecule has 1 fully saturated rings. The monoisotopic (exact) mass is 310 g/mol. The van der Waals surface area contributed by atoms with Gasteiger partial charge in [0.1, 0.15) is 5.75 Å². The van der Waals surface area contributed by atoms with Crippen LogP contribution in [0.5, 0.6) is 5.75 Å². The predicted octanol–water partition coefficient (Wildman–Crippen LogP) is 2.50. The highest BCUT2D eigenvalue weighted by Crippen LogP contribution is 2.26. The Morgan fingerprint density at radius 1 is 1.19 bits per heavy atom. The third kappa shape index (κ3) is 3.89. The van der Waals surface area contributed by atoms with Crippen LogP contribution in [0.1, 0.15) is 18.1 Å². The minimum Gasteiger partial charge on any atom is -0.481 e. The van der Waals surface area contributed by atoms with Crippen molar-refractivity contribution in [3.63, 3.8) is 0 Å². The van der Waals surface area contributed by atoms with E-state index in [2.05, 4.69) is 11.9 Å². The van der Waals surface area contributed by atoms with Gasteiger partial charge in [0, 0.05) is 31.2 Å². The van der Waals surface area contributed by atoms with Gasteiger partial charge in [-0.25, -0.2) is 0 Å². The lowest BCUT2D eigenvalue weighted by Crippen LogP contribution is -2.50. The van der Waals surface area contributed by atoms with Crippen LogP contribution in [0.25, 0.3) is 0 Å². The lowest BCUT2D eigenvalue weighted by atomic mass is 10.1. The smallest absolute Gasteiger partial charge is 0.263 e. The summed E-state index contributed by atoms with van der Waals surface area (Å²) in [5.74, 6) is 0.748. The molecule has 1 aromatic carbocycles. The maximum Gasteiger partial charge on any atom is 0.263 e. The fourth-order valence-electron chi connectivity index (χ4n) is 2.51. The van der Waals surface area contributed by atoms with Crippen LogP contribution < -0.4 is 4.74 Å². The fourth-order valence-corrected chi connectivity index (χ4v) is 2.62. The lowest BCUT2D eigenvalue weighted by Gasteiger charge is -2.33. The van der Waals surface area contributed by atoms with E-state index < -0.39 is 6.10 Å². The number of carbonyl (C=O) groups is 1. The average Bonchev–Trinajstić information content (AvgIpc) is 2.44. The number of hydrogen-bond acceptors (Lipinski definition) is 3. The number of carbonyl (C=O) groups excluding carboxylic acids is 1. The third-order valence-electron chi connectivity index (χ3n) is 3.89. The molecule has 2 rings (SSSR count). The Balaban J connectivity index is 2.00. The fraction of sp³-hybridized carbons (Fsp3) is 0.562. The number of nitrogens with zero attached hydrogens (tertiary/aromatic N) is 2. The van der Waals surface area contributed by atoms with Gasteiger partial charge in [-0.2, -0.15) is 0 Å². The summed E-state index contributed by atoms with van der Waals surface area (Å²) in [5.41, 5.74) is 1.93. The van der Waals surface area contributed by atoms with Gasteiger partial charge >= 0.3 is 0 Å². The zero-order chi connectivity index (χ0) is 15.6. The second-order valence-corrected chi connectivity index (χ2v) is 6.14. The molecule has 116 valence electrons. The number of rotatable bonds is 3. The van der Waals surface area contributed by atoms with Crippen LogP contribution in [-0.4, -0.2) is 55.0 Å². The van der Waals surface area contributed by atoms with E-state index in [9.17, 15) is 4.79 Å². The topological polar surface area (TPSA) is 32.8 Å². The van der Waals surface area contributed by atoms with E-state index in [1.165, 1.54) is 0 Å². The molecular formula is C16H23ClN2O2. The summed E-state index contributed by atoms with van der Waals surface area (Å²) < 4.78 is 5.81. The summed E-state index contributed by atoms with van der Waals surface area (Å²) in [6, 6.07) is 3.76. The number of ether oxygens (including phenoxy) is 1. The Morgan fingerprint density at radius 3 is 2.24 bits per heavy atom. The van der Waals surface area contributed by atoms with Gasteiger partial charge < -0.3 is 14.5 Å². The van der Waals surface area contributed by atoms with Gasteiger partial charge in [-0.15, -0.1) is 0 Å². The SMILES string of the molecule is Cc1cc(O[C@@H](C)C(=O)N2CCN(C)CC2)cc(C)c1Cl. The first-order valence-electron chi connectivity index (χ1n) is 7.29. The highest BCUT2D eigenvalue weighted by Gasteiger charge is 2.25. The molecule has 0 bridgehead atoms. The number of benzene rings is 1. The third-order valence-corrected chi connectivity index (χ3v) is 4.48. The standard InChI is InChI=1S/C16H23ClN2O2/c1-11-9-14(10-12(2)15(11)17)21-13(3)16(20)19-7-5-18(4)6-8-19/h9-10,13H,5-8H2,1-4H3/t13-/m0/s1. The maximum absolute atomic E-state index is 12.4. The van der Waals surface area contributed by atoms with Crippen molar-refractivity contribution in [1.29, 1.82) is 0 Å². The molecule has 0 radical (unpaired) electrons. The molecule has 1 amide bonds. The number of aryl methyl sites for hydroxylation is 2.